The molecule has 1 saturated heterocycles. The van der Waals surface area contributed by atoms with Crippen molar-refractivity contribution in [3.63, 3.8) is 0 Å². The molecule has 1 heterocycles. The van der Waals surface area contributed by atoms with Crippen molar-refractivity contribution < 1.29 is 14.1 Å². The van der Waals surface area contributed by atoms with Gasteiger partial charge in [-0.15, -0.1) is 0 Å². The molecule has 22 heavy (non-hydrogen) atoms. The highest BCUT2D eigenvalue weighted by molar-refractivity contribution is 7.83. The van der Waals surface area contributed by atoms with Crippen molar-refractivity contribution >= 4 is 29.2 Å². The van der Waals surface area contributed by atoms with E-state index in [0.717, 1.165) is 11.1 Å². The van der Waals surface area contributed by atoms with E-state index in [9.17, 15) is 9.00 Å². The fraction of sp³-hybridized carbons (Fsp3) is 0.312. The summed E-state index contributed by atoms with van der Waals surface area (Å²) in [5.41, 5.74) is 1.70. The Morgan fingerprint density at radius 2 is 2.00 bits per heavy atom. The van der Waals surface area contributed by atoms with Crippen LogP contribution in [0.3, 0.4) is 0 Å². The monoisotopic (exact) mass is 320 g/mol. The van der Waals surface area contributed by atoms with E-state index in [-0.39, 0.29) is 6.04 Å². The van der Waals surface area contributed by atoms with Gasteiger partial charge < -0.3 is 10.0 Å². The molecule has 1 aliphatic rings. The molecule has 6 heteroatoms. The topological polar surface area (TPSA) is 69.6 Å². The lowest BCUT2D eigenvalue weighted by Gasteiger charge is -2.30. The maximum absolute atomic E-state index is 12.6. The van der Waals surface area contributed by atoms with Crippen LogP contribution in [0.15, 0.2) is 36.3 Å². The van der Waals surface area contributed by atoms with Gasteiger partial charge in [0.05, 0.1) is 4.90 Å². The maximum atomic E-state index is 12.6. The molecule has 0 bridgehead atoms. The Morgan fingerprint density at radius 3 is 2.55 bits per heavy atom. The molecule has 1 aromatic carbocycles. The second-order valence-electron chi connectivity index (χ2n) is 5.10. The number of carboxylic acid groups (broad SMARTS) is 1. The fourth-order valence-corrected chi connectivity index (χ4v) is 3.79. The molecule has 118 valence electrons. The predicted molar refractivity (Wildman–Crippen MR) is 88.8 cm³/mol. The lowest BCUT2D eigenvalue weighted by atomic mass is 10.1. The molecular weight excluding hydrogens is 300 g/mol. The number of rotatable bonds is 5. The minimum atomic E-state index is -1.36. The first kappa shape index (κ1) is 16.5. The van der Waals surface area contributed by atoms with Crippen LogP contribution >= 0.6 is 0 Å². The first-order chi connectivity index (χ1) is 10.6. The Balaban J connectivity index is 2.06. The molecule has 1 aromatic rings. The molecule has 5 nitrogen and oxygen atoms in total. The third-order valence-electron chi connectivity index (χ3n) is 3.76. The molecular formula is C16H20N2O3S. The summed E-state index contributed by atoms with van der Waals surface area (Å²) in [5.74, 6) is 0. The minimum absolute atomic E-state index is 0.0430. The molecule has 0 aromatic heterocycles. The average Bonchev–Trinajstić information content (AvgIpc) is 2.54. The van der Waals surface area contributed by atoms with Gasteiger partial charge in [0.2, 0.25) is 0 Å². The highest BCUT2D eigenvalue weighted by atomic mass is 32.2. The van der Waals surface area contributed by atoms with Crippen molar-refractivity contribution in [3.05, 3.63) is 42.5 Å². The van der Waals surface area contributed by atoms with Crippen molar-refractivity contribution in [3.8, 4) is 0 Å². The quantitative estimate of drug-likeness (QED) is 0.876. The number of amides is 1. The highest BCUT2D eigenvalue weighted by Crippen LogP contribution is 2.21. The number of nitrogens with zero attached hydrogens (tertiary/aromatic N) is 1. The predicted octanol–water partition coefficient (Wildman–Crippen LogP) is 2.73. The summed E-state index contributed by atoms with van der Waals surface area (Å²) in [4.78, 5) is 12.9. The van der Waals surface area contributed by atoms with Crippen LogP contribution in [0.25, 0.3) is 12.2 Å². The largest absolute Gasteiger partial charge is 0.465 e. The molecule has 1 unspecified atom stereocenters. The van der Waals surface area contributed by atoms with Crippen LogP contribution in [0.4, 0.5) is 4.79 Å². The van der Waals surface area contributed by atoms with Crippen LogP contribution < -0.4 is 4.72 Å². The first-order valence-corrected chi connectivity index (χ1v) is 8.25. The molecule has 0 aliphatic carbocycles. The Kier molecular flexibility index (Phi) is 5.51. The van der Waals surface area contributed by atoms with E-state index < -0.39 is 17.1 Å². The smallest absolute Gasteiger partial charge is 0.407 e. The number of likely N-dealkylation sites (tertiary alicyclic amines) is 1. The Bertz CT molecular complexity index is 607. The SMILES string of the molecule is C=Cc1cccc(S(=O)NC2CCN(C(=O)O)CC2)c1C=C. The fourth-order valence-electron chi connectivity index (χ4n) is 2.52. The second kappa shape index (κ2) is 7.38. The highest BCUT2D eigenvalue weighted by Gasteiger charge is 2.24. The number of nitrogens with one attached hydrogen (secondary N) is 1. The van der Waals surface area contributed by atoms with E-state index in [1.54, 1.807) is 18.2 Å². The lowest BCUT2D eigenvalue weighted by Crippen LogP contribution is -2.44. The maximum Gasteiger partial charge on any atom is 0.407 e. The zero-order chi connectivity index (χ0) is 16.1. The van der Waals surface area contributed by atoms with Gasteiger partial charge >= 0.3 is 6.09 Å². The molecule has 0 spiro atoms. The molecule has 1 amide bonds. The number of hydrogen-bond acceptors (Lipinski definition) is 2. The third kappa shape index (κ3) is 3.64. The van der Waals surface area contributed by atoms with Crippen molar-refractivity contribution in [1.29, 1.82) is 0 Å². The van der Waals surface area contributed by atoms with E-state index >= 15 is 0 Å². The number of piperidine rings is 1. The molecule has 1 aliphatic heterocycles. The summed E-state index contributed by atoms with van der Waals surface area (Å²) in [6.45, 7) is 8.46. The van der Waals surface area contributed by atoms with Gasteiger partial charge in [-0.3, -0.25) is 0 Å². The van der Waals surface area contributed by atoms with Gasteiger partial charge in [-0.1, -0.05) is 37.4 Å². The summed E-state index contributed by atoms with van der Waals surface area (Å²) in [7, 11) is -1.36. The molecule has 1 fully saturated rings. The Hall–Kier alpha value is -1.92. The molecule has 0 radical (unpaired) electrons. The van der Waals surface area contributed by atoms with E-state index in [4.69, 9.17) is 5.11 Å². The Labute approximate surface area is 132 Å². The summed E-state index contributed by atoms with van der Waals surface area (Å²) in [6, 6.07) is 5.59. The van der Waals surface area contributed by atoms with E-state index in [0.29, 0.717) is 30.8 Å². The number of carbonyl (C=O) groups is 1. The zero-order valence-electron chi connectivity index (χ0n) is 12.3. The zero-order valence-corrected chi connectivity index (χ0v) is 13.1. The summed E-state index contributed by atoms with van der Waals surface area (Å²) >= 11 is 0. The standard InChI is InChI=1S/C16H20N2O3S/c1-3-12-6-5-7-15(14(12)4-2)22(21)17-13-8-10-18(11-9-13)16(19)20/h3-7,13,17H,1-2,8-11H2,(H,19,20). The summed E-state index contributed by atoms with van der Waals surface area (Å²) in [6.07, 6.45) is 3.81. The van der Waals surface area contributed by atoms with Crippen molar-refractivity contribution in [2.45, 2.75) is 23.8 Å². The second-order valence-corrected chi connectivity index (χ2v) is 6.31. The van der Waals surface area contributed by atoms with Crippen LogP contribution in [0.2, 0.25) is 0 Å². The van der Waals surface area contributed by atoms with E-state index in [1.807, 2.05) is 12.1 Å². The molecule has 0 saturated carbocycles. The first-order valence-electron chi connectivity index (χ1n) is 7.10. The van der Waals surface area contributed by atoms with Gasteiger partial charge in [0.15, 0.2) is 0 Å². The van der Waals surface area contributed by atoms with Crippen LogP contribution in [-0.4, -0.2) is 39.4 Å². The van der Waals surface area contributed by atoms with Crippen molar-refractivity contribution in [2.24, 2.45) is 0 Å². The molecule has 2 rings (SSSR count). The van der Waals surface area contributed by atoms with Gasteiger partial charge in [-0.25, -0.2) is 13.7 Å². The summed E-state index contributed by atoms with van der Waals surface area (Å²) in [5, 5.41) is 8.94. The van der Waals surface area contributed by atoms with Gasteiger partial charge in [0.25, 0.3) is 0 Å². The Morgan fingerprint density at radius 1 is 1.32 bits per heavy atom. The van der Waals surface area contributed by atoms with Crippen LogP contribution in [-0.2, 0) is 11.0 Å². The van der Waals surface area contributed by atoms with E-state index in [1.165, 1.54) is 4.90 Å². The number of hydrogen-bond donors (Lipinski definition) is 2. The van der Waals surface area contributed by atoms with Gasteiger partial charge in [-0.2, -0.15) is 0 Å². The van der Waals surface area contributed by atoms with Crippen molar-refractivity contribution in [2.75, 3.05) is 13.1 Å². The lowest BCUT2D eigenvalue weighted by molar-refractivity contribution is 0.131. The van der Waals surface area contributed by atoms with Gasteiger partial charge in [0.1, 0.15) is 11.0 Å². The van der Waals surface area contributed by atoms with Gasteiger partial charge in [-0.05, 0) is 30.0 Å². The third-order valence-corrected chi connectivity index (χ3v) is 5.07. The van der Waals surface area contributed by atoms with Crippen LogP contribution in [0, 0.1) is 0 Å². The van der Waals surface area contributed by atoms with Crippen molar-refractivity contribution in [1.82, 2.24) is 9.62 Å². The molecule has 2 N–H and O–H groups in total. The molecule has 1 atom stereocenters. The number of benzene rings is 1. The van der Waals surface area contributed by atoms with Crippen LogP contribution in [0.5, 0.6) is 0 Å². The summed E-state index contributed by atoms with van der Waals surface area (Å²) < 4.78 is 15.7. The van der Waals surface area contributed by atoms with Gasteiger partial charge in [0, 0.05) is 19.1 Å². The van der Waals surface area contributed by atoms with Crippen LogP contribution in [0.1, 0.15) is 24.0 Å². The average molecular weight is 320 g/mol. The normalized spacial score (nSPS) is 17.0. The minimum Gasteiger partial charge on any atom is -0.465 e. The van der Waals surface area contributed by atoms with E-state index in [2.05, 4.69) is 17.9 Å².